The molecule has 0 unspecified atom stereocenters. The maximum atomic E-state index is 12.2. The molecule has 0 amide bonds. The number of ether oxygens (including phenoxy) is 1. The van der Waals surface area contributed by atoms with Crippen molar-refractivity contribution in [2.24, 2.45) is 0 Å². The number of hydrogen-bond acceptors (Lipinski definition) is 9. The van der Waals surface area contributed by atoms with Crippen LogP contribution >= 0.6 is 0 Å². The summed E-state index contributed by atoms with van der Waals surface area (Å²) in [5.74, 6) is 1.34. The van der Waals surface area contributed by atoms with Crippen molar-refractivity contribution in [1.29, 1.82) is 0 Å². The molecule has 0 aliphatic carbocycles. The highest BCUT2D eigenvalue weighted by Crippen LogP contribution is 2.33. The van der Waals surface area contributed by atoms with Gasteiger partial charge < -0.3 is 15.4 Å². The maximum absolute atomic E-state index is 12.2. The third-order valence-electron chi connectivity index (χ3n) is 8.65. The molecule has 3 aromatic carbocycles. The van der Waals surface area contributed by atoms with Gasteiger partial charge in [0, 0.05) is 56.1 Å². The van der Waals surface area contributed by atoms with E-state index in [2.05, 4.69) is 39.0 Å². The Morgan fingerprint density at radius 2 is 1.73 bits per heavy atom. The second-order valence-electron chi connectivity index (χ2n) is 11.3. The van der Waals surface area contributed by atoms with Crippen LogP contribution in [0.3, 0.4) is 0 Å². The fourth-order valence-corrected chi connectivity index (χ4v) is 6.42. The van der Waals surface area contributed by atoms with Gasteiger partial charge in [-0.3, -0.25) is 19.1 Å². The molecule has 2 N–H and O–H groups in total. The molecule has 2 aliphatic heterocycles. The minimum atomic E-state index is -0.491. The smallest absolute Gasteiger partial charge is 0.272 e. The molecule has 10 nitrogen and oxygen atoms in total. The molecule has 218 valence electrons. The van der Waals surface area contributed by atoms with E-state index in [0.717, 1.165) is 59.7 Å². The summed E-state index contributed by atoms with van der Waals surface area (Å²) in [6.45, 7) is 3.50. The summed E-state index contributed by atoms with van der Waals surface area (Å²) >= 11 is 0. The molecular formula is C34H29N7O3. The Bertz CT molecular complexity index is 2080. The number of nitrogens with zero attached hydrogens (tertiary/aromatic N) is 6. The number of rotatable bonds is 5. The van der Waals surface area contributed by atoms with Gasteiger partial charge in [-0.25, -0.2) is 15.0 Å². The first-order valence-electron chi connectivity index (χ1n) is 14.8. The van der Waals surface area contributed by atoms with Gasteiger partial charge in [-0.05, 0) is 42.0 Å². The van der Waals surface area contributed by atoms with Crippen molar-refractivity contribution in [2.75, 3.05) is 36.9 Å². The molecular weight excluding hydrogens is 554 g/mol. The van der Waals surface area contributed by atoms with Crippen molar-refractivity contribution in [1.82, 2.24) is 24.4 Å². The quantitative estimate of drug-likeness (QED) is 0.302. The third kappa shape index (κ3) is 4.34. The van der Waals surface area contributed by atoms with Crippen LogP contribution < -0.4 is 26.2 Å². The average Bonchev–Trinajstić information content (AvgIpc) is 3.34. The van der Waals surface area contributed by atoms with E-state index >= 15 is 0 Å². The summed E-state index contributed by atoms with van der Waals surface area (Å²) in [6, 6.07) is 26.5. The van der Waals surface area contributed by atoms with Crippen LogP contribution in [-0.2, 0) is 6.54 Å². The summed E-state index contributed by atoms with van der Waals surface area (Å²) < 4.78 is 7.66. The molecule has 0 saturated carbocycles. The SMILES string of the molecule is Nc1ncccc1-c1nc2ccc(-c3ccccc3)nc2n1-c1ccc(CN2CCN3c4c(c(=O)c4=O)OCC[C@H]3C2)cc1. The molecule has 1 saturated heterocycles. The Labute approximate surface area is 252 Å². The van der Waals surface area contributed by atoms with Gasteiger partial charge in [0.25, 0.3) is 10.9 Å². The van der Waals surface area contributed by atoms with E-state index in [0.29, 0.717) is 30.5 Å². The second kappa shape index (κ2) is 10.4. The van der Waals surface area contributed by atoms with E-state index in [4.69, 9.17) is 20.4 Å². The zero-order valence-electron chi connectivity index (χ0n) is 23.9. The predicted octanol–water partition coefficient (Wildman–Crippen LogP) is 3.80. The lowest BCUT2D eigenvalue weighted by Gasteiger charge is -2.41. The molecule has 3 aromatic heterocycles. The van der Waals surface area contributed by atoms with Crippen molar-refractivity contribution in [3.8, 4) is 34.1 Å². The molecule has 1 atom stereocenters. The predicted molar refractivity (Wildman–Crippen MR) is 170 cm³/mol. The van der Waals surface area contributed by atoms with Gasteiger partial charge >= 0.3 is 0 Å². The lowest BCUT2D eigenvalue weighted by atomic mass is 10.1. The first-order valence-corrected chi connectivity index (χ1v) is 14.8. The van der Waals surface area contributed by atoms with Crippen LogP contribution in [0.5, 0.6) is 5.75 Å². The number of fused-ring (bicyclic) bond motifs is 4. The zero-order chi connectivity index (χ0) is 29.8. The lowest BCUT2D eigenvalue weighted by Crippen LogP contribution is -2.55. The van der Waals surface area contributed by atoms with Gasteiger partial charge in [-0.15, -0.1) is 0 Å². The van der Waals surface area contributed by atoms with E-state index in [-0.39, 0.29) is 11.8 Å². The Hall–Kier alpha value is -5.35. The molecule has 0 radical (unpaired) electrons. The Kier molecular flexibility index (Phi) is 6.23. The fraction of sp³-hybridized carbons (Fsp3) is 0.206. The average molecular weight is 584 g/mol. The van der Waals surface area contributed by atoms with Gasteiger partial charge in [0.05, 0.1) is 17.9 Å². The number of piperazine rings is 1. The molecule has 0 bridgehead atoms. The van der Waals surface area contributed by atoms with Crippen LogP contribution in [0.2, 0.25) is 0 Å². The number of pyridine rings is 2. The van der Waals surface area contributed by atoms with Crippen molar-refractivity contribution in [2.45, 2.75) is 19.0 Å². The number of nitrogens with two attached hydrogens (primary N) is 1. The number of imidazole rings is 1. The molecule has 10 heteroatoms. The molecule has 0 spiro atoms. The fourth-order valence-electron chi connectivity index (χ4n) is 6.42. The van der Waals surface area contributed by atoms with E-state index in [1.807, 2.05) is 59.2 Å². The molecule has 44 heavy (non-hydrogen) atoms. The lowest BCUT2D eigenvalue weighted by molar-refractivity contribution is 0.202. The van der Waals surface area contributed by atoms with Crippen LogP contribution in [0, 0.1) is 0 Å². The van der Waals surface area contributed by atoms with E-state index < -0.39 is 10.9 Å². The minimum Gasteiger partial charge on any atom is -0.487 e. The van der Waals surface area contributed by atoms with E-state index in [9.17, 15) is 9.59 Å². The van der Waals surface area contributed by atoms with Crippen molar-refractivity contribution in [3.05, 3.63) is 111 Å². The summed E-state index contributed by atoms with van der Waals surface area (Å²) in [7, 11) is 0. The van der Waals surface area contributed by atoms with Crippen LogP contribution in [-0.4, -0.2) is 56.7 Å². The number of benzene rings is 2. The van der Waals surface area contributed by atoms with Gasteiger partial charge in [0.1, 0.15) is 17.0 Å². The number of hydrogen-bond donors (Lipinski definition) is 1. The van der Waals surface area contributed by atoms with Crippen LogP contribution in [0.25, 0.3) is 39.5 Å². The van der Waals surface area contributed by atoms with Crippen LogP contribution in [0.1, 0.15) is 12.0 Å². The van der Waals surface area contributed by atoms with Crippen molar-refractivity contribution in [3.63, 3.8) is 0 Å². The summed E-state index contributed by atoms with van der Waals surface area (Å²) in [4.78, 5) is 43.0. The summed E-state index contributed by atoms with van der Waals surface area (Å²) in [5, 5.41) is 0. The highest BCUT2D eigenvalue weighted by atomic mass is 16.5. The first-order chi connectivity index (χ1) is 21.5. The minimum absolute atomic E-state index is 0.141. The van der Waals surface area contributed by atoms with Gasteiger partial charge in [0.15, 0.2) is 17.2 Å². The van der Waals surface area contributed by atoms with E-state index in [1.54, 1.807) is 6.20 Å². The topological polar surface area (TPSA) is 119 Å². The summed E-state index contributed by atoms with van der Waals surface area (Å²) in [6.07, 6.45) is 2.45. The normalized spacial score (nSPS) is 16.8. The Morgan fingerprint density at radius 1 is 0.886 bits per heavy atom. The van der Waals surface area contributed by atoms with Crippen LogP contribution in [0.15, 0.2) is 94.6 Å². The van der Waals surface area contributed by atoms with E-state index in [1.165, 1.54) is 5.56 Å². The van der Waals surface area contributed by atoms with Gasteiger partial charge in [-0.1, -0.05) is 42.5 Å². The highest BCUT2D eigenvalue weighted by Gasteiger charge is 2.37. The molecule has 1 fully saturated rings. The Morgan fingerprint density at radius 3 is 2.55 bits per heavy atom. The molecule has 2 aliphatic rings. The standard InChI is InChI=1S/C34H29N7O3/c35-32-25(7-4-15-36-32)33-38-27-13-12-26(22-5-2-1-3-6-22)37-34(27)41(33)23-10-8-21(9-11-23)19-39-16-17-40-24(20-39)14-18-44-31-28(40)29(42)30(31)43/h1-13,15,24H,14,16-20H2,(H2,35,36)/t24-/m0/s1. The number of anilines is 2. The highest BCUT2D eigenvalue weighted by molar-refractivity contribution is 5.84. The number of aromatic nitrogens is 4. The zero-order valence-corrected chi connectivity index (χ0v) is 23.9. The third-order valence-corrected chi connectivity index (χ3v) is 8.65. The summed E-state index contributed by atoms with van der Waals surface area (Å²) in [5.41, 5.74) is 12.1. The van der Waals surface area contributed by atoms with Crippen molar-refractivity contribution >= 4 is 22.7 Å². The van der Waals surface area contributed by atoms with Crippen LogP contribution in [0.4, 0.5) is 11.5 Å². The van der Waals surface area contributed by atoms with Gasteiger partial charge in [-0.2, -0.15) is 0 Å². The molecule has 5 heterocycles. The largest absolute Gasteiger partial charge is 0.487 e. The Balaban J connectivity index is 1.11. The second-order valence-corrected chi connectivity index (χ2v) is 11.3. The maximum Gasteiger partial charge on any atom is 0.272 e. The monoisotopic (exact) mass is 583 g/mol. The molecule has 6 aromatic rings. The number of nitrogen functional groups attached to an aromatic ring is 1. The first kappa shape index (κ1) is 26.3. The van der Waals surface area contributed by atoms with Crippen molar-refractivity contribution < 1.29 is 4.74 Å². The molecule has 8 rings (SSSR count). The van der Waals surface area contributed by atoms with Gasteiger partial charge in [0.2, 0.25) is 0 Å².